The molecule has 0 radical (unpaired) electrons. The Kier molecular flexibility index (Phi) is 5.97. The predicted octanol–water partition coefficient (Wildman–Crippen LogP) is 4.32. The fraction of sp³-hybridized carbons (Fsp3) is 0. The van der Waals surface area contributed by atoms with Crippen molar-refractivity contribution in [3.63, 3.8) is 0 Å². The highest BCUT2D eigenvalue weighted by atomic mass is 35.5. The van der Waals surface area contributed by atoms with Gasteiger partial charge in [-0.25, -0.2) is 10.2 Å². The number of hydrogen-bond donors (Lipinski definition) is 1. The van der Waals surface area contributed by atoms with Crippen molar-refractivity contribution in [1.29, 1.82) is 0 Å². The molecule has 0 fully saturated rings. The monoisotopic (exact) mass is 378 g/mol. The minimum absolute atomic E-state index is 0.293. The van der Waals surface area contributed by atoms with E-state index in [2.05, 4.69) is 10.5 Å². The standard InChI is InChI=1S/C21H15ClN2O3/c22-18-8-4-7-17(13-18)21(26)27-19-11-9-15(10-12-19)14-23-24-20(25)16-5-2-1-3-6-16/h1-14H,(H,24,25)/b23-14-. The molecule has 5 nitrogen and oxygen atoms in total. The molecule has 3 aromatic carbocycles. The number of carbonyl (C=O) groups is 2. The average Bonchev–Trinajstić information content (AvgIpc) is 2.70. The Bertz CT molecular complexity index is 970. The summed E-state index contributed by atoms with van der Waals surface area (Å²) in [6.45, 7) is 0. The minimum atomic E-state index is -0.492. The third-order valence-corrected chi connectivity index (χ3v) is 3.80. The number of esters is 1. The van der Waals surface area contributed by atoms with Gasteiger partial charge >= 0.3 is 5.97 Å². The average molecular weight is 379 g/mol. The molecular formula is C21H15ClN2O3. The lowest BCUT2D eigenvalue weighted by molar-refractivity contribution is 0.0734. The number of rotatable bonds is 5. The van der Waals surface area contributed by atoms with E-state index in [4.69, 9.17) is 16.3 Å². The first-order valence-corrected chi connectivity index (χ1v) is 8.46. The van der Waals surface area contributed by atoms with Gasteiger partial charge in [-0.1, -0.05) is 35.9 Å². The summed E-state index contributed by atoms with van der Waals surface area (Å²) in [6.07, 6.45) is 1.50. The molecule has 3 aromatic rings. The molecule has 6 heteroatoms. The molecule has 0 unspecified atom stereocenters. The molecule has 134 valence electrons. The fourth-order valence-electron chi connectivity index (χ4n) is 2.22. The maximum Gasteiger partial charge on any atom is 0.343 e. The van der Waals surface area contributed by atoms with Gasteiger partial charge < -0.3 is 4.74 Å². The van der Waals surface area contributed by atoms with Crippen molar-refractivity contribution in [2.45, 2.75) is 0 Å². The zero-order chi connectivity index (χ0) is 19.1. The summed E-state index contributed by atoms with van der Waals surface area (Å²) in [5.41, 5.74) is 4.09. The van der Waals surface area contributed by atoms with Crippen LogP contribution >= 0.6 is 11.6 Å². The number of ether oxygens (including phenoxy) is 1. The third-order valence-electron chi connectivity index (χ3n) is 3.57. The molecule has 0 saturated heterocycles. The Labute approximate surface area is 161 Å². The Morgan fingerprint density at radius 2 is 1.59 bits per heavy atom. The van der Waals surface area contributed by atoms with Gasteiger partial charge in [-0.3, -0.25) is 4.79 Å². The molecule has 3 rings (SSSR count). The van der Waals surface area contributed by atoms with Crippen molar-refractivity contribution in [3.8, 4) is 5.75 Å². The number of carbonyl (C=O) groups excluding carboxylic acids is 2. The maximum absolute atomic E-state index is 12.1. The van der Waals surface area contributed by atoms with E-state index >= 15 is 0 Å². The number of benzene rings is 3. The molecule has 1 amide bonds. The van der Waals surface area contributed by atoms with Gasteiger partial charge in [0.25, 0.3) is 5.91 Å². The number of nitrogens with zero attached hydrogens (tertiary/aromatic N) is 1. The van der Waals surface area contributed by atoms with Crippen LogP contribution in [0.5, 0.6) is 5.75 Å². The van der Waals surface area contributed by atoms with Crippen molar-refractivity contribution >= 4 is 29.7 Å². The minimum Gasteiger partial charge on any atom is -0.423 e. The Morgan fingerprint density at radius 1 is 0.889 bits per heavy atom. The first kappa shape index (κ1) is 18.4. The molecule has 0 aliphatic rings. The SMILES string of the molecule is O=C(N/N=C\c1ccc(OC(=O)c2cccc(Cl)c2)cc1)c1ccccc1. The molecule has 27 heavy (non-hydrogen) atoms. The first-order chi connectivity index (χ1) is 13.1. The molecule has 0 atom stereocenters. The molecule has 0 saturated carbocycles. The van der Waals surface area contributed by atoms with Crippen LogP contribution in [0.25, 0.3) is 0 Å². The maximum atomic E-state index is 12.1. The quantitative estimate of drug-likeness (QED) is 0.311. The second kappa shape index (κ2) is 8.78. The number of hydrogen-bond acceptors (Lipinski definition) is 4. The van der Waals surface area contributed by atoms with Crippen LogP contribution in [0.15, 0.2) is 84.0 Å². The van der Waals surface area contributed by atoms with E-state index in [1.54, 1.807) is 72.8 Å². The molecule has 0 bridgehead atoms. The van der Waals surface area contributed by atoms with Crippen molar-refractivity contribution < 1.29 is 14.3 Å². The van der Waals surface area contributed by atoms with Gasteiger partial charge in [0, 0.05) is 10.6 Å². The second-order valence-corrected chi connectivity index (χ2v) is 5.97. The predicted molar refractivity (Wildman–Crippen MR) is 104 cm³/mol. The summed E-state index contributed by atoms with van der Waals surface area (Å²) in [5, 5.41) is 4.39. The van der Waals surface area contributed by atoms with E-state index in [0.717, 1.165) is 5.56 Å². The van der Waals surface area contributed by atoms with Crippen LogP contribution in [0.3, 0.4) is 0 Å². The van der Waals surface area contributed by atoms with Crippen molar-refractivity contribution in [1.82, 2.24) is 5.43 Å². The lowest BCUT2D eigenvalue weighted by Crippen LogP contribution is -2.17. The van der Waals surface area contributed by atoms with E-state index in [-0.39, 0.29) is 5.91 Å². The second-order valence-electron chi connectivity index (χ2n) is 5.53. The lowest BCUT2D eigenvalue weighted by atomic mass is 10.2. The smallest absolute Gasteiger partial charge is 0.343 e. The summed E-state index contributed by atoms with van der Waals surface area (Å²) in [4.78, 5) is 24.0. The van der Waals surface area contributed by atoms with Crippen LogP contribution in [-0.2, 0) is 0 Å². The first-order valence-electron chi connectivity index (χ1n) is 8.08. The molecule has 0 aromatic heterocycles. The highest BCUT2D eigenvalue weighted by Gasteiger charge is 2.08. The molecule has 0 heterocycles. The summed E-state index contributed by atoms with van der Waals surface area (Å²) >= 11 is 5.87. The normalized spacial score (nSPS) is 10.6. The number of halogens is 1. The van der Waals surface area contributed by atoms with Crippen LogP contribution in [0.1, 0.15) is 26.3 Å². The number of hydrazone groups is 1. The van der Waals surface area contributed by atoms with Gasteiger partial charge in [-0.15, -0.1) is 0 Å². The van der Waals surface area contributed by atoms with E-state index in [1.807, 2.05) is 6.07 Å². The van der Waals surface area contributed by atoms with Crippen LogP contribution in [-0.4, -0.2) is 18.1 Å². The van der Waals surface area contributed by atoms with Crippen molar-refractivity contribution in [2.24, 2.45) is 5.10 Å². The van der Waals surface area contributed by atoms with Gasteiger partial charge in [0.15, 0.2) is 0 Å². The van der Waals surface area contributed by atoms with E-state index in [1.165, 1.54) is 6.21 Å². The molecule has 0 spiro atoms. The van der Waals surface area contributed by atoms with Crippen molar-refractivity contribution in [3.05, 3.63) is 101 Å². The van der Waals surface area contributed by atoms with Gasteiger partial charge in [0.2, 0.25) is 0 Å². The van der Waals surface area contributed by atoms with Crippen LogP contribution in [0.2, 0.25) is 5.02 Å². The molecule has 0 aliphatic carbocycles. The molecule has 0 aliphatic heterocycles. The largest absolute Gasteiger partial charge is 0.423 e. The molecule has 1 N–H and O–H groups in total. The zero-order valence-corrected chi connectivity index (χ0v) is 14.9. The number of nitrogens with one attached hydrogen (secondary N) is 1. The van der Waals surface area contributed by atoms with Crippen LogP contribution in [0, 0.1) is 0 Å². The highest BCUT2D eigenvalue weighted by molar-refractivity contribution is 6.30. The van der Waals surface area contributed by atoms with Gasteiger partial charge in [0.1, 0.15) is 5.75 Å². The van der Waals surface area contributed by atoms with Crippen molar-refractivity contribution in [2.75, 3.05) is 0 Å². The Hall–Kier alpha value is -3.44. The topological polar surface area (TPSA) is 67.8 Å². The van der Waals surface area contributed by atoms with Gasteiger partial charge in [-0.2, -0.15) is 5.10 Å². The summed E-state index contributed by atoms with van der Waals surface area (Å²) in [7, 11) is 0. The summed E-state index contributed by atoms with van der Waals surface area (Å²) in [6, 6.07) is 22.1. The fourth-order valence-corrected chi connectivity index (χ4v) is 2.41. The Balaban J connectivity index is 1.57. The van der Waals surface area contributed by atoms with Gasteiger partial charge in [0.05, 0.1) is 11.8 Å². The Morgan fingerprint density at radius 3 is 2.30 bits per heavy atom. The third kappa shape index (κ3) is 5.26. The van der Waals surface area contributed by atoms with Crippen LogP contribution in [0.4, 0.5) is 0 Å². The summed E-state index contributed by atoms with van der Waals surface area (Å²) in [5.74, 6) is -0.390. The zero-order valence-electron chi connectivity index (χ0n) is 14.1. The number of amides is 1. The summed E-state index contributed by atoms with van der Waals surface area (Å²) < 4.78 is 5.30. The van der Waals surface area contributed by atoms with E-state index in [0.29, 0.717) is 21.9 Å². The molecular weight excluding hydrogens is 364 g/mol. The highest BCUT2D eigenvalue weighted by Crippen LogP contribution is 2.16. The van der Waals surface area contributed by atoms with Crippen LogP contribution < -0.4 is 10.2 Å². The lowest BCUT2D eigenvalue weighted by Gasteiger charge is -2.05. The van der Waals surface area contributed by atoms with E-state index < -0.39 is 5.97 Å². The van der Waals surface area contributed by atoms with Gasteiger partial charge in [-0.05, 0) is 60.2 Å². The van der Waals surface area contributed by atoms with E-state index in [9.17, 15) is 9.59 Å².